The number of ether oxygens (including phenoxy) is 2. The Hall–Kier alpha value is -4.05. The largest absolute Gasteiger partial charge is 0.490 e. The smallest absolute Gasteiger partial charge is 0.262 e. The van der Waals surface area contributed by atoms with Crippen molar-refractivity contribution >= 4 is 38.9 Å². The van der Waals surface area contributed by atoms with Crippen LogP contribution in [0.25, 0.3) is 0 Å². The molecule has 0 aromatic heterocycles. The summed E-state index contributed by atoms with van der Waals surface area (Å²) in [5, 5.41) is 2.77. The highest BCUT2D eigenvalue weighted by Crippen LogP contribution is 2.32. The van der Waals surface area contributed by atoms with Crippen LogP contribution in [0.4, 0.5) is 17.1 Å². The molecule has 1 aliphatic heterocycles. The number of nitrogens with one attached hydrogen (secondary N) is 2. The Morgan fingerprint density at radius 3 is 2.31 bits per heavy atom. The number of nitrogens with zero attached hydrogens (tertiary/aromatic N) is 1. The lowest BCUT2D eigenvalue weighted by atomic mass is 10.2. The Labute approximate surface area is 203 Å². The third-order valence-corrected chi connectivity index (χ3v) is 6.77. The number of fused-ring (bicyclic) bond motifs is 1. The van der Waals surface area contributed by atoms with Crippen molar-refractivity contribution in [2.45, 2.75) is 18.2 Å². The van der Waals surface area contributed by atoms with Gasteiger partial charge in [0.25, 0.3) is 15.9 Å². The first-order valence-corrected chi connectivity index (χ1v) is 12.4. The second kappa shape index (κ2) is 10.1. The molecular weight excluding hydrogens is 470 g/mol. The molecule has 0 aliphatic carbocycles. The molecule has 3 aromatic rings. The maximum absolute atomic E-state index is 12.9. The van der Waals surface area contributed by atoms with E-state index in [0.717, 1.165) is 0 Å². The summed E-state index contributed by atoms with van der Waals surface area (Å²) in [5.74, 6) is 0.363. The lowest BCUT2D eigenvalue weighted by molar-refractivity contribution is -0.116. The van der Waals surface area contributed by atoms with Crippen LogP contribution < -0.4 is 24.4 Å². The van der Waals surface area contributed by atoms with Crippen molar-refractivity contribution in [2.75, 3.05) is 35.2 Å². The Balaban J connectivity index is 1.47. The number of amides is 2. The lowest BCUT2D eigenvalue weighted by Gasteiger charge is -2.15. The van der Waals surface area contributed by atoms with Crippen LogP contribution in [0.3, 0.4) is 0 Å². The van der Waals surface area contributed by atoms with Crippen LogP contribution in [-0.2, 0) is 14.8 Å². The summed E-state index contributed by atoms with van der Waals surface area (Å²) in [4.78, 5) is 25.7. The SMILES string of the molecule is CC(=O)N(C)c1ccc(NC(=O)c2cccc(NS(=O)(=O)c3ccc4c(c3)OCCCO4)c2)cc1. The van der Waals surface area contributed by atoms with Gasteiger partial charge in [0.15, 0.2) is 11.5 Å². The van der Waals surface area contributed by atoms with E-state index in [4.69, 9.17) is 9.47 Å². The standard InChI is InChI=1S/C25H25N3O6S/c1-17(29)28(2)21-9-7-19(8-10-21)26-25(30)18-5-3-6-20(15-18)27-35(31,32)22-11-12-23-24(16-22)34-14-4-13-33-23/h3,5-12,15-16,27H,4,13-14H2,1-2H3,(H,26,30). The highest BCUT2D eigenvalue weighted by Gasteiger charge is 2.19. The van der Waals surface area contributed by atoms with Crippen molar-refractivity contribution in [1.29, 1.82) is 0 Å². The summed E-state index contributed by atoms with van der Waals surface area (Å²) in [6.45, 7) is 2.41. The Morgan fingerprint density at radius 2 is 1.60 bits per heavy atom. The summed E-state index contributed by atoms with van der Waals surface area (Å²) in [5.41, 5.74) is 1.74. The van der Waals surface area contributed by atoms with Gasteiger partial charge >= 0.3 is 0 Å². The highest BCUT2D eigenvalue weighted by atomic mass is 32.2. The van der Waals surface area contributed by atoms with E-state index in [2.05, 4.69) is 10.0 Å². The van der Waals surface area contributed by atoms with Gasteiger partial charge in [-0.05, 0) is 54.6 Å². The summed E-state index contributed by atoms with van der Waals surface area (Å²) in [6, 6.07) is 17.4. The molecule has 10 heteroatoms. The highest BCUT2D eigenvalue weighted by molar-refractivity contribution is 7.92. The van der Waals surface area contributed by atoms with Gasteiger partial charge in [-0.2, -0.15) is 0 Å². The van der Waals surface area contributed by atoms with Gasteiger partial charge in [0.05, 0.1) is 18.1 Å². The Kier molecular flexibility index (Phi) is 6.92. The molecule has 1 heterocycles. The van der Waals surface area contributed by atoms with Gasteiger partial charge < -0.3 is 19.7 Å². The predicted molar refractivity (Wildman–Crippen MR) is 133 cm³/mol. The van der Waals surface area contributed by atoms with Gasteiger partial charge in [0.1, 0.15) is 0 Å². The summed E-state index contributed by atoms with van der Waals surface area (Å²) >= 11 is 0. The fourth-order valence-corrected chi connectivity index (χ4v) is 4.47. The van der Waals surface area contributed by atoms with E-state index >= 15 is 0 Å². The molecule has 2 N–H and O–H groups in total. The molecule has 0 radical (unpaired) electrons. The van der Waals surface area contributed by atoms with Crippen molar-refractivity contribution in [2.24, 2.45) is 0 Å². The monoisotopic (exact) mass is 495 g/mol. The number of rotatable bonds is 6. The van der Waals surface area contributed by atoms with Gasteiger partial charge in [-0.3, -0.25) is 14.3 Å². The van der Waals surface area contributed by atoms with Crippen LogP contribution in [-0.4, -0.2) is 40.5 Å². The van der Waals surface area contributed by atoms with Crippen molar-refractivity contribution in [3.63, 3.8) is 0 Å². The number of carbonyl (C=O) groups excluding carboxylic acids is 2. The molecule has 4 rings (SSSR count). The van der Waals surface area contributed by atoms with E-state index in [1.165, 1.54) is 30.0 Å². The number of anilines is 3. The number of hydrogen-bond acceptors (Lipinski definition) is 6. The molecule has 9 nitrogen and oxygen atoms in total. The zero-order chi connectivity index (χ0) is 25.0. The summed E-state index contributed by atoms with van der Waals surface area (Å²) < 4.78 is 39.5. The zero-order valence-electron chi connectivity index (χ0n) is 19.3. The van der Waals surface area contributed by atoms with Crippen LogP contribution >= 0.6 is 0 Å². The van der Waals surface area contributed by atoms with E-state index in [1.54, 1.807) is 55.6 Å². The van der Waals surface area contributed by atoms with Gasteiger partial charge in [0, 0.05) is 49.1 Å². The molecule has 0 fully saturated rings. The molecule has 0 saturated carbocycles. The number of sulfonamides is 1. The molecule has 2 amide bonds. The molecule has 3 aromatic carbocycles. The second-order valence-corrected chi connectivity index (χ2v) is 9.61. The van der Waals surface area contributed by atoms with E-state index < -0.39 is 15.9 Å². The second-order valence-electron chi connectivity index (χ2n) is 7.92. The molecule has 35 heavy (non-hydrogen) atoms. The van der Waals surface area contributed by atoms with Crippen molar-refractivity contribution in [1.82, 2.24) is 0 Å². The van der Waals surface area contributed by atoms with Crippen molar-refractivity contribution in [3.05, 3.63) is 72.3 Å². The van der Waals surface area contributed by atoms with Gasteiger partial charge in [-0.25, -0.2) is 8.42 Å². The average Bonchev–Trinajstić information content (AvgIpc) is 3.09. The zero-order valence-corrected chi connectivity index (χ0v) is 20.1. The normalized spacial score (nSPS) is 12.9. The van der Waals surface area contributed by atoms with Crippen LogP contribution in [0, 0.1) is 0 Å². The minimum absolute atomic E-state index is 0.0206. The summed E-state index contributed by atoms with van der Waals surface area (Å²) in [6.07, 6.45) is 0.712. The molecule has 0 saturated heterocycles. The van der Waals surface area contributed by atoms with Gasteiger partial charge in [-0.15, -0.1) is 0 Å². The minimum atomic E-state index is -3.93. The maximum Gasteiger partial charge on any atom is 0.262 e. The van der Waals surface area contributed by atoms with Crippen LogP contribution in [0.1, 0.15) is 23.7 Å². The molecular formula is C25H25N3O6S. The lowest BCUT2D eigenvalue weighted by Crippen LogP contribution is -2.22. The van der Waals surface area contributed by atoms with E-state index in [9.17, 15) is 18.0 Å². The first-order valence-electron chi connectivity index (χ1n) is 10.9. The quantitative estimate of drug-likeness (QED) is 0.536. The topological polar surface area (TPSA) is 114 Å². The average molecular weight is 496 g/mol. The first kappa shape index (κ1) is 24.1. The summed E-state index contributed by atoms with van der Waals surface area (Å²) in [7, 11) is -2.27. The van der Waals surface area contributed by atoms with Crippen LogP contribution in [0.5, 0.6) is 11.5 Å². The number of benzene rings is 3. The first-order chi connectivity index (χ1) is 16.7. The van der Waals surface area contributed by atoms with E-state index in [0.29, 0.717) is 42.5 Å². The molecule has 0 spiro atoms. The molecule has 182 valence electrons. The molecule has 0 bridgehead atoms. The fraction of sp³-hybridized carbons (Fsp3) is 0.200. The van der Waals surface area contributed by atoms with Gasteiger partial charge in [-0.1, -0.05) is 6.07 Å². The van der Waals surface area contributed by atoms with Crippen molar-refractivity contribution < 1.29 is 27.5 Å². The Morgan fingerprint density at radius 1 is 0.886 bits per heavy atom. The third kappa shape index (κ3) is 5.72. The molecule has 0 atom stereocenters. The third-order valence-electron chi connectivity index (χ3n) is 5.39. The molecule has 0 unspecified atom stereocenters. The number of hydrogen-bond donors (Lipinski definition) is 2. The fourth-order valence-electron chi connectivity index (χ4n) is 3.40. The van der Waals surface area contributed by atoms with E-state index in [-0.39, 0.29) is 22.1 Å². The van der Waals surface area contributed by atoms with Gasteiger partial charge in [0.2, 0.25) is 5.91 Å². The van der Waals surface area contributed by atoms with Crippen LogP contribution in [0.2, 0.25) is 0 Å². The Bertz CT molecular complexity index is 1360. The minimum Gasteiger partial charge on any atom is -0.490 e. The number of carbonyl (C=O) groups is 2. The molecule has 1 aliphatic rings. The van der Waals surface area contributed by atoms with Crippen LogP contribution in [0.15, 0.2) is 71.6 Å². The maximum atomic E-state index is 12.9. The predicted octanol–water partition coefficient (Wildman–Crippen LogP) is 3.88. The van der Waals surface area contributed by atoms with Crippen molar-refractivity contribution in [3.8, 4) is 11.5 Å². The van der Waals surface area contributed by atoms with E-state index in [1.807, 2.05) is 0 Å².